The van der Waals surface area contributed by atoms with E-state index in [0.29, 0.717) is 23.6 Å². The summed E-state index contributed by atoms with van der Waals surface area (Å²) in [5, 5.41) is 14.0. The molecule has 0 spiro atoms. The average molecular weight is 312 g/mol. The third-order valence-electron chi connectivity index (χ3n) is 2.98. The first-order valence-electron chi connectivity index (χ1n) is 6.66. The number of nitrogens with one attached hydrogen (secondary N) is 3. The van der Waals surface area contributed by atoms with Crippen molar-refractivity contribution >= 4 is 10.0 Å². The van der Waals surface area contributed by atoms with Gasteiger partial charge in [-0.3, -0.25) is 9.78 Å². The molecule has 0 aliphatic carbocycles. The zero-order chi connectivity index (χ0) is 15.5. The molecule has 0 fully saturated rings. The van der Waals surface area contributed by atoms with E-state index in [4.69, 9.17) is 0 Å². The van der Waals surface area contributed by atoms with Crippen LogP contribution in [0.4, 0.5) is 0 Å². The van der Waals surface area contributed by atoms with Gasteiger partial charge in [0.2, 0.25) is 10.0 Å². The number of aromatic amines is 1. The van der Waals surface area contributed by atoms with Crippen molar-refractivity contribution in [2.24, 2.45) is 7.05 Å². The van der Waals surface area contributed by atoms with Crippen molar-refractivity contribution in [2.45, 2.75) is 31.8 Å². The molecular formula is C12H20N6O2S. The summed E-state index contributed by atoms with van der Waals surface area (Å²) in [5.41, 5.74) is 1.68. The third kappa shape index (κ3) is 3.69. The molecule has 0 atom stereocenters. The molecule has 21 heavy (non-hydrogen) atoms. The second-order valence-corrected chi connectivity index (χ2v) is 6.41. The molecule has 0 aliphatic heterocycles. The Labute approximate surface area is 124 Å². The number of rotatable bonds is 7. The van der Waals surface area contributed by atoms with E-state index >= 15 is 0 Å². The lowest BCUT2D eigenvalue weighted by Crippen LogP contribution is -2.26. The minimum atomic E-state index is -3.63. The molecule has 9 heteroatoms. The summed E-state index contributed by atoms with van der Waals surface area (Å²) in [4.78, 5) is 0.208. The number of hydrogen-bond donors (Lipinski definition) is 3. The summed E-state index contributed by atoms with van der Waals surface area (Å²) < 4.78 is 29.1. The highest BCUT2D eigenvalue weighted by molar-refractivity contribution is 7.89. The molecule has 0 bridgehead atoms. The van der Waals surface area contributed by atoms with Crippen LogP contribution in [0.3, 0.4) is 0 Å². The summed E-state index contributed by atoms with van der Waals surface area (Å²) in [7, 11) is -1.85. The van der Waals surface area contributed by atoms with Gasteiger partial charge in [0.1, 0.15) is 4.90 Å². The molecule has 3 N–H and O–H groups in total. The van der Waals surface area contributed by atoms with Gasteiger partial charge in [-0.05, 0) is 19.5 Å². The van der Waals surface area contributed by atoms with E-state index in [1.807, 2.05) is 6.92 Å². The summed E-state index contributed by atoms with van der Waals surface area (Å²) >= 11 is 0. The molecule has 0 saturated heterocycles. The lowest BCUT2D eigenvalue weighted by molar-refractivity contribution is 0.576. The molecule has 116 valence electrons. The Balaban J connectivity index is 2.17. The number of H-pyrrole nitrogens is 1. The number of aromatic nitrogens is 4. The Hall–Kier alpha value is -1.71. The van der Waals surface area contributed by atoms with E-state index in [1.165, 1.54) is 0 Å². The Morgan fingerprint density at radius 1 is 1.38 bits per heavy atom. The van der Waals surface area contributed by atoms with Gasteiger partial charge in [0.15, 0.2) is 0 Å². The van der Waals surface area contributed by atoms with Gasteiger partial charge in [0.05, 0.1) is 23.6 Å². The summed E-state index contributed by atoms with van der Waals surface area (Å²) in [6.45, 7) is 4.94. The van der Waals surface area contributed by atoms with Crippen LogP contribution in [-0.4, -0.2) is 34.9 Å². The largest absolute Gasteiger partial charge is 0.311 e. The van der Waals surface area contributed by atoms with Crippen molar-refractivity contribution in [3.63, 3.8) is 0 Å². The van der Waals surface area contributed by atoms with Crippen molar-refractivity contribution < 1.29 is 8.42 Å². The molecule has 0 radical (unpaired) electrons. The van der Waals surface area contributed by atoms with Gasteiger partial charge in [-0.25, -0.2) is 13.1 Å². The van der Waals surface area contributed by atoms with Crippen LogP contribution in [0.1, 0.15) is 24.0 Å². The van der Waals surface area contributed by atoms with Crippen molar-refractivity contribution in [2.75, 3.05) is 6.54 Å². The maximum atomic E-state index is 12.4. The highest BCUT2D eigenvalue weighted by Gasteiger charge is 2.24. The van der Waals surface area contributed by atoms with Crippen LogP contribution < -0.4 is 10.0 Å². The van der Waals surface area contributed by atoms with Gasteiger partial charge in [-0.1, -0.05) is 6.92 Å². The van der Waals surface area contributed by atoms with Crippen LogP contribution in [0, 0.1) is 6.92 Å². The lowest BCUT2D eigenvalue weighted by Gasteiger charge is -2.07. The first-order chi connectivity index (χ1) is 9.94. The molecule has 2 rings (SSSR count). The number of hydrogen-bond acceptors (Lipinski definition) is 5. The van der Waals surface area contributed by atoms with Crippen molar-refractivity contribution in [1.82, 2.24) is 30.0 Å². The maximum Gasteiger partial charge on any atom is 0.244 e. The minimum absolute atomic E-state index is 0.147. The highest BCUT2D eigenvalue weighted by Crippen LogP contribution is 2.17. The van der Waals surface area contributed by atoms with Crippen LogP contribution in [-0.2, 0) is 30.2 Å². The normalized spacial score (nSPS) is 12.0. The Morgan fingerprint density at radius 3 is 2.76 bits per heavy atom. The molecule has 2 aromatic heterocycles. The zero-order valence-corrected chi connectivity index (χ0v) is 13.2. The van der Waals surface area contributed by atoms with Crippen LogP contribution in [0.25, 0.3) is 0 Å². The van der Waals surface area contributed by atoms with Gasteiger partial charge in [-0.2, -0.15) is 10.2 Å². The second kappa shape index (κ2) is 6.37. The number of sulfonamides is 1. The molecular weight excluding hydrogens is 292 g/mol. The summed E-state index contributed by atoms with van der Waals surface area (Å²) in [6.07, 6.45) is 1.77. The lowest BCUT2D eigenvalue weighted by atomic mass is 10.3. The molecule has 8 nitrogen and oxygen atoms in total. The first-order valence-corrected chi connectivity index (χ1v) is 8.15. The molecule has 0 saturated carbocycles. The van der Waals surface area contributed by atoms with E-state index in [2.05, 4.69) is 25.3 Å². The molecule has 0 aromatic carbocycles. The molecule has 0 amide bonds. The van der Waals surface area contributed by atoms with Gasteiger partial charge in [-0.15, -0.1) is 0 Å². The fourth-order valence-corrected chi connectivity index (χ4v) is 3.35. The Morgan fingerprint density at radius 2 is 2.14 bits per heavy atom. The Kier molecular flexibility index (Phi) is 4.76. The van der Waals surface area contributed by atoms with Crippen molar-refractivity contribution in [3.8, 4) is 0 Å². The van der Waals surface area contributed by atoms with Crippen molar-refractivity contribution in [1.29, 1.82) is 0 Å². The fraction of sp³-hybridized carbons (Fsp3) is 0.500. The zero-order valence-electron chi connectivity index (χ0n) is 12.3. The first kappa shape index (κ1) is 15.7. The van der Waals surface area contributed by atoms with Gasteiger partial charge >= 0.3 is 0 Å². The maximum absolute atomic E-state index is 12.4. The molecule has 0 unspecified atom stereocenters. The van der Waals surface area contributed by atoms with Gasteiger partial charge < -0.3 is 5.32 Å². The number of aryl methyl sites for hydroxylation is 2. The SMILES string of the molecule is CCNCc1n[nH]c(C)c1S(=O)(=O)NCc1ccn(C)n1. The number of nitrogens with zero attached hydrogens (tertiary/aromatic N) is 3. The third-order valence-corrected chi connectivity index (χ3v) is 4.59. The van der Waals surface area contributed by atoms with Crippen molar-refractivity contribution in [3.05, 3.63) is 29.3 Å². The molecule has 0 aliphatic rings. The van der Waals surface area contributed by atoms with E-state index in [9.17, 15) is 8.42 Å². The van der Waals surface area contributed by atoms with E-state index in [-0.39, 0.29) is 11.4 Å². The van der Waals surface area contributed by atoms with Crippen LogP contribution in [0.2, 0.25) is 0 Å². The summed E-state index contributed by atoms with van der Waals surface area (Å²) in [6, 6.07) is 1.77. The second-order valence-electron chi connectivity index (χ2n) is 4.71. The van der Waals surface area contributed by atoms with Gasteiger partial charge in [0.25, 0.3) is 0 Å². The summed E-state index contributed by atoms with van der Waals surface area (Å²) in [5.74, 6) is 0. The van der Waals surface area contributed by atoms with Crippen LogP contribution >= 0.6 is 0 Å². The Bertz CT molecular complexity index is 703. The highest BCUT2D eigenvalue weighted by atomic mass is 32.2. The van der Waals surface area contributed by atoms with E-state index in [1.54, 1.807) is 30.9 Å². The quantitative estimate of drug-likeness (QED) is 0.669. The molecule has 2 aromatic rings. The minimum Gasteiger partial charge on any atom is -0.311 e. The topological polar surface area (TPSA) is 105 Å². The predicted molar refractivity (Wildman–Crippen MR) is 77.9 cm³/mol. The fourth-order valence-electron chi connectivity index (χ4n) is 1.99. The van der Waals surface area contributed by atoms with Gasteiger partial charge in [0, 0.05) is 19.8 Å². The predicted octanol–water partition coefficient (Wildman–Crippen LogP) is 0.0396. The van der Waals surface area contributed by atoms with E-state index in [0.717, 1.165) is 6.54 Å². The smallest absolute Gasteiger partial charge is 0.244 e. The van der Waals surface area contributed by atoms with E-state index < -0.39 is 10.0 Å². The van der Waals surface area contributed by atoms with Crippen LogP contribution in [0.5, 0.6) is 0 Å². The average Bonchev–Trinajstić information content (AvgIpc) is 3.00. The monoisotopic (exact) mass is 312 g/mol. The standard InChI is InChI=1S/C12H20N6O2S/c1-4-13-8-11-12(9(2)15-16-11)21(19,20)14-7-10-5-6-18(3)17-10/h5-6,13-14H,4,7-8H2,1-3H3,(H,15,16). The van der Waals surface area contributed by atoms with Crippen LogP contribution in [0.15, 0.2) is 17.2 Å². The molecule has 2 heterocycles.